The fourth-order valence-electron chi connectivity index (χ4n) is 3.46. The second kappa shape index (κ2) is 9.44. The summed E-state index contributed by atoms with van der Waals surface area (Å²) in [4.78, 5) is 0.703. The van der Waals surface area contributed by atoms with Gasteiger partial charge in [0.1, 0.15) is 17.6 Å². The highest BCUT2D eigenvalue weighted by Crippen LogP contribution is 2.37. The first-order chi connectivity index (χ1) is 14.9. The molecule has 0 aliphatic rings. The molecule has 0 aliphatic carbocycles. The molecule has 0 amide bonds. The van der Waals surface area contributed by atoms with E-state index in [0.717, 1.165) is 16.7 Å². The average molecular weight is 474 g/mol. The zero-order valence-corrected chi connectivity index (χ0v) is 18.0. The van der Waals surface area contributed by atoms with Crippen LogP contribution in [0.5, 0.6) is 11.5 Å². The fourth-order valence-corrected chi connectivity index (χ4v) is 4.25. The summed E-state index contributed by atoms with van der Waals surface area (Å²) < 4.78 is 85.2. The average Bonchev–Trinajstić information content (AvgIpc) is 3.18. The van der Waals surface area contributed by atoms with Gasteiger partial charge in [-0.3, -0.25) is 0 Å². The van der Waals surface area contributed by atoms with Gasteiger partial charge in [0.15, 0.2) is 0 Å². The molecule has 1 aromatic heterocycles. The van der Waals surface area contributed by atoms with Crippen LogP contribution < -0.4 is 9.47 Å². The minimum atomic E-state index is -4.77. The Morgan fingerprint density at radius 3 is 2.00 bits per heavy atom. The van der Waals surface area contributed by atoms with E-state index in [-0.39, 0.29) is 12.2 Å². The van der Waals surface area contributed by atoms with Crippen LogP contribution >= 0.6 is 11.3 Å². The predicted molar refractivity (Wildman–Crippen MR) is 111 cm³/mol. The highest BCUT2D eigenvalue weighted by Gasteiger charge is 2.31. The van der Waals surface area contributed by atoms with Crippen LogP contribution in [-0.2, 0) is 0 Å². The molecule has 9 heteroatoms. The predicted octanol–water partition coefficient (Wildman–Crippen LogP) is 8.39. The number of benzene rings is 2. The monoisotopic (exact) mass is 474 g/mol. The highest BCUT2D eigenvalue weighted by molar-refractivity contribution is 7.10. The van der Waals surface area contributed by atoms with Crippen LogP contribution in [0, 0.1) is 13.8 Å². The van der Waals surface area contributed by atoms with E-state index in [1.807, 2.05) is 13.8 Å². The molecule has 32 heavy (non-hydrogen) atoms. The third-order valence-corrected chi connectivity index (χ3v) is 5.68. The quantitative estimate of drug-likeness (QED) is 0.320. The Kier molecular flexibility index (Phi) is 7.07. The Bertz CT molecular complexity index is 1000. The van der Waals surface area contributed by atoms with Crippen molar-refractivity contribution in [1.29, 1.82) is 0 Å². The van der Waals surface area contributed by atoms with Crippen LogP contribution in [0.3, 0.4) is 0 Å². The van der Waals surface area contributed by atoms with E-state index >= 15 is 0 Å². The molecule has 0 radical (unpaired) electrons. The molecule has 2 aromatic carbocycles. The van der Waals surface area contributed by atoms with Gasteiger partial charge in [0.2, 0.25) is 0 Å². The fraction of sp³-hybridized carbons (Fsp3) is 0.304. The van der Waals surface area contributed by atoms with Crippen LogP contribution in [0.15, 0.2) is 53.9 Å². The van der Waals surface area contributed by atoms with Gasteiger partial charge in [-0.1, -0.05) is 18.2 Å². The molecule has 3 aromatic rings. The molecule has 1 heterocycles. The van der Waals surface area contributed by atoms with Crippen molar-refractivity contribution in [2.75, 3.05) is 0 Å². The molecule has 1 atom stereocenters. The summed E-state index contributed by atoms with van der Waals surface area (Å²) in [5.74, 6) is 0.112. The second-order valence-electron chi connectivity index (χ2n) is 7.28. The number of alkyl halides is 6. The Morgan fingerprint density at radius 1 is 0.875 bits per heavy atom. The lowest BCUT2D eigenvalue weighted by molar-refractivity contribution is -0.274. The maximum atomic E-state index is 12.8. The zero-order chi connectivity index (χ0) is 23.5. The molecule has 0 aliphatic heterocycles. The highest BCUT2D eigenvalue weighted by atomic mass is 32.1. The number of aryl methyl sites for hydroxylation is 2. The lowest BCUT2D eigenvalue weighted by Crippen LogP contribution is -2.16. The number of ether oxygens (including phenoxy) is 2. The summed E-state index contributed by atoms with van der Waals surface area (Å²) in [5.41, 5.74) is 3.06. The largest absolute Gasteiger partial charge is 0.573 e. The van der Waals surface area contributed by atoms with E-state index in [1.54, 1.807) is 29.6 Å². The van der Waals surface area contributed by atoms with Gasteiger partial charge < -0.3 is 9.47 Å². The van der Waals surface area contributed by atoms with Crippen LogP contribution in [0.4, 0.5) is 26.3 Å². The number of hydrogen-bond donors (Lipinski definition) is 0. The van der Waals surface area contributed by atoms with Gasteiger partial charge in [-0.2, -0.15) is 13.2 Å². The van der Waals surface area contributed by atoms with Gasteiger partial charge in [-0.15, -0.1) is 24.5 Å². The Labute approximate surface area is 185 Å². The van der Waals surface area contributed by atoms with Crippen LogP contribution in [0.25, 0.3) is 11.1 Å². The molecule has 1 unspecified atom stereocenters. The van der Waals surface area contributed by atoms with Crippen molar-refractivity contribution in [3.8, 4) is 22.6 Å². The number of hydrogen-bond acceptors (Lipinski definition) is 3. The molecule has 172 valence electrons. The smallest absolute Gasteiger partial charge is 0.485 e. The summed E-state index contributed by atoms with van der Waals surface area (Å²) in [6.45, 7) is 3.62. The first-order valence-electron chi connectivity index (χ1n) is 9.65. The van der Waals surface area contributed by atoms with Crippen LogP contribution in [0.2, 0.25) is 0 Å². The summed E-state index contributed by atoms with van der Waals surface area (Å²) in [5, 5.41) is 1.78. The normalized spacial score (nSPS) is 13.1. The minimum Gasteiger partial charge on any atom is -0.485 e. The lowest BCUT2D eigenvalue weighted by Gasteiger charge is -2.21. The first-order valence-corrected chi connectivity index (χ1v) is 10.5. The topological polar surface area (TPSA) is 18.5 Å². The third kappa shape index (κ3) is 6.66. The van der Waals surface area contributed by atoms with Crippen LogP contribution in [-0.4, -0.2) is 12.5 Å². The zero-order valence-electron chi connectivity index (χ0n) is 17.2. The molecule has 0 spiro atoms. The van der Waals surface area contributed by atoms with Gasteiger partial charge in [0.05, 0.1) is 0 Å². The van der Waals surface area contributed by atoms with E-state index in [9.17, 15) is 26.3 Å². The number of rotatable bonds is 7. The van der Waals surface area contributed by atoms with Crippen molar-refractivity contribution in [3.63, 3.8) is 0 Å². The van der Waals surface area contributed by atoms with Gasteiger partial charge in [0.25, 0.3) is 0 Å². The SMILES string of the molecule is Cc1cc(OC(CCC(F)(F)F)c2cccs2)cc(C)c1-c1ccc(OC(F)(F)F)cc1. The molecule has 0 N–H and O–H groups in total. The summed E-state index contributed by atoms with van der Waals surface area (Å²) in [6, 6.07) is 12.4. The Hall–Kier alpha value is -2.68. The molecule has 0 fully saturated rings. The molecular weight excluding hydrogens is 454 g/mol. The van der Waals surface area contributed by atoms with Gasteiger partial charge >= 0.3 is 12.5 Å². The molecule has 0 bridgehead atoms. The first kappa shape index (κ1) is 24.0. The summed E-state index contributed by atoms with van der Waals surface area (Å²) >= 11 is 1.33. The molecule has 3 rings (SSSR count). The van der Waals surface area contributed by atoms with E-state index in [1.165, 1.54) is 35.6 Å². The minimum absolute atomic E-state index is 0.204. The van der Waals surface area contributed by atoms with Crippen molar-refractivity contribution in [3.05, 3.63) is 69.9 Å². The van der Waals surface area contributed by atoms with Crippen molar-refractivity contribution in [2.45, 2.75) is 45.3 Å². The van der Waals surface area contributed by atoms with Crippen molar-refractivity contribution in [1.82, 2.24) is 0 Å². The molecule has 0 saturated heterocycles. The maximum absolute atomic E-state index is 12.8. The van der Waals surface area contributed by atoms with Crippen LogP contribution in [0.1, 0.15) is 34.9 Å². The molecular formula is C23H20F6O2S. The van der Waals surface area contributed by atoms with Crippen molar-refractivity contribution < 1.29 is 35.8 Å². The van der Waals surface area contributed by atoms with E-state index in [4.69, 9.17) is 4.74 Å². The number of thiophene rings is 1. The molecule has 2 nitrogen and oxygen atoms in total. The van der Waals surface area contributed by atoms with E-state index < -0.39 is 25.1 Å². The van der Waals surface area contributed by atoms with Gasteiger partial charge in [0, 0.05) is 11.3 Å². The molecule has 0 saturated carbocycles. The number of halogens is 6. The maximum Gasteiger partial charge on any atom is 0.573 e. The summed E-state index contributed by atoms with van der Waals surface area (Å²) in [6.07, 6.45) is -10.9. The lowest BCUT2D eigenvalue weighted by atomic mass is 9.95. The van der Waals surface area contributed by atoms with Crippen molar-refractivity contribution in [2.24, 2.45) is 0 Å². The third-order valence-electron chi connectivity index (χ3n) is 4.71. The standard InChI is InChI=1S/C23H20F6O2S/c1-14-12-18(30-19(9-10-22(24,25)26)20-4-3-11-32-20)13-15(2)21(14)16-5-7-17(8-6-16)31-23(27,28)29/h3-8,11-13,19H,9-10H2,1-2H3. The Balaban J connectivity index is 1.83. The Morgan fingerprint density at radius 2 is 1.50 bits per heavy atom. The van der Waals surface area contributed by atoms with Gasteiger partial charge in [-0.25, -0.2) is 0 Å². The van der Waals surface area contributed by atoms with E-state index in [0.29, 0.717) is 16.2 Å². The van der Waals surface area contributed by atoms with Crippen molar-refractivity contribution >= 4 is 11.3 Å². The van der Waals surface area contributed by atoms with Gasteiger partial charge in [-0.05, 0) is 78.2 Å². The summed E-state index contributed by atoms with van der Waals surface area (Å²) in [7, 11) is 0. The second-order valence-corrected chi connectivity index (χ2v) is 8.26. The van der Waals surface area contributed by atoms with E-state index in [2.05, 4.69) is 4.74 Å².